The maximum Gasteiger partial charge on any atom is 0.256 e. The highest BCUT2D eigenvalue weighted by Crippen LogP contribution is 2.29. The summed E-state index contributed by atoms with van der Waals surface area (Å²) in [5, 5.41) is 4.40. The molecule has 5 heteroatoms. The number of para-hydroxylation sites is 1. The summed E-state index contributed by atoms with van der Waals surface area (Å²) < 4.78 is 0. The maximum absolute atomic E-state index is 13.3. The number of hydrogen-bond acceptors (Lipinski definition) is 3. The molecule has 1 amide bonds. The van der Waals surface area contributed by atoms with Gasteiger partial charge in [0.1, 0.15) is 0 Å². The molecule has 0 aliphatic carbocycles. The summed E-state index contributed by atoms with van der Waals surface area (Å²) in [5.41, 5.74) is 5.86. The smallest absolute Gasteiger partial charge is 0.256 e. The van der Waals surface area contributed by atoms with Crippen LogP contribution in [0, 0.1) is 6.92 Å². The van der Waals surface area contributed by atoms with E-state index in [2.05, 4.69) is 17.2 Å². The van der Waals surface area contributed by atoms with Crippen molar-refractivity contribution < 1.29 is 4.79 Å². The summed E-state index contributed by atoms with van der Waals surface area (Å²) in [6.45, 7) is 4.08. The normalized spacial score (nSPS) is 10.9. The van der Waals surface area contributed by atoms with Gasteiger partial charge in [0.25, 0.3) is 5.91 Å². The lowest BCUT2D eigenvalue weighted by Gasteiger charge is -2.15. The monoisotopic (exact) mass is 401 g/mol. The van der Waals surface area contributed by atoms with Gasteiger partial charge in [0.15, 0.2) is 0 Å². The van der Waals surface area contributed by atoms with E-state index >= 15 is 0 Å². The number of pyridine rings is 2. The molecule has 1 N–H and O–H groups in total. The molecule has 0 aliphatic rings. The Hall–Kier alpha value is -3.24. The summed E-state index contributed by atoms with van der Waals surface area (Å²) >= 11 is 6.22. The van der Waals surface area contributed by atoms with Gasteiger partial charge in [-0.2, -0.15) is 0 Å². The topological polar surface area (TPSA) is 54.9 Å². The summed E-state index contributed by atoms with van der Waals surface area (Å²) in [6.07, 6.45) is 4.26. The molecule has 0 saturated carbocycles. The minimum absolute atomic E-state index is 0.182. The number of nitrogens with one attached hydrogen (secondary N) is 1. The van der Waals surface area contributed by atoms with Crippen LogP contribution in [0.3, 0.4) is 0 Å². The third-order valence-electron chi connectivity index (χ3n) is 4.97. The largest absolute Gasteiger partial charge is 0.321 e. The van der Waals surface area contributed by atoms with Gasteiger partial charge in [0.05, 0.1) is 16.8 Å². The summed E-state index contributed by atoms with van der Waals surface area (Å²) in [7, 11) is 0. The lowest BCUT2D eigenvalue weighted by molar-refractivity contribution is 0.102. The molecule has 0 unspecified atom stereocenters. The van der Waals surface area contributed by atoms with Crippen molar-refractivity contribution in [3.05, 3.63) is 88.7 Å². The zero-order valence-corrected chi connectivity index (χ0v) is 17.0. The molecule has 0 bridgehead atoms. The molecule has 2 aromatic heterocycles. The van der Waals surface area contributed by atoms with E-state index in [1.165, 1.54) is 0 Å². The quantitative estimate of drug-likeness (QED) is 0.451. The van der Waals surface area contributed by atoms with Crippen LogP contribution in [0.15, 0.2) is 67.0 Å². The van der Waals surface area contributed by atoms with Crippen LogP contribution in [0.5, 0.6) is 0 Å². The van der Waals surface area contributed by atoms with Crippen LogP contribution in [0.1, 0.15) is 28.4 Å². The van der Waals surface area contributed by atoms with Crippen molar-refractivity contribution in [2.24, 2.45) is 0 Å². The number of carbonyl (C=O) groups excluding carboxylic acids is 1. The number of aryl methyl sites for hydroxylation is 2. The van der Waals surface area contributed by atoms with Crippen molar-refractivity contribution in [2.75, 3.05) is 5.32 Å². The van der Waals surface area contributed by atoms with Gasteiger partial charge < -0.3 is 5.32 Å². The third kappa shape index (κ3) is 3.84. The molecule has 0 fully saturated rings. The predicted octanol–water partition coefficient (Wildman–Crippen LogP) is 6.07. The first-order valence-electron chi connectivity index (χ1n) is 9.47. The number of fused-ring (bicyclic) bond motifs is 1. The molecule has 2 aromatic carbocycles. The number of nitrogens with zero attached hydrogens (tertiary/aromatic N) is 2. The highest BCUT2D eigenvalue weighted by molar-refractivity contribution is 6.31. The average molecular weight is 402 g/mol. The van der Waals surface area contributed by atoms with E-state index in [1.54, 1.807) is 24.5 Å². The Balaban J connectivity index is 1.86. The lowest BCUT2D eigenvalue weighted by atomic mass is 10.0. The molecule has 29 heavy (non-hydrogen) atoms. The van der Waals surface area contributed by atoms with Gasteiger partial charge >= 0.3 is 0 Å². The van der Waals surface area contributed by atoms with Gasteiger partial charge in [-0.15, -0.1) is 0 Å². The fourth-order valence-corrected chi connectivity index (χ4v) is 3.61. The van der Waals surface area contributed by atoms with Crippen LogP contribution in [-0.2, 0) is 6.42 Å². The number of anilines is 1. The van der Waals surface area contributed by atoms with Gasteiger partial charge in [-0.05, 0) is 60.9 Å². The molecule has 0 spiro atoms. The third-order valence-corrected chi connectivity index (χ3v) is 5.21. The molecule has 2 heterocycles. The van der Waals surface area contributed by atoms with Crippen LogP contribution in [0.2, 0.25) is 5.02 Å². The Labute approximate surface area is 174 Å². The first-order valence-corrected chi connectivity index (χ1v) is 9.85. The van der Waals surface area contributed by atoms with Crippen molar-refractivity contribution in [1.82, 2.24) is 9.97 Å². The second-order valence-corrected chi connectivity index (χ2v) is 7.31. The molecular weight excluding hydrogens is 382 g/mol. The Morgan fingerprint density at radius 1 is 1.07 bits per heavy atom. The summed E-state index contributed by atoms with van der Waals surface area (Å²) in [4.78, 5) is 22.1. The highest BCUT2D eigenvalue weighted by Gasteiger charge is 2.16. The van der Waals surface area contributed by atoms with Crippen LogP contribution in [0.4, 0.5) is 5.69 Å². The van der Waals surface area contributed by atoms with E-state index in [9.17, 15) is 4.79 Å². The average Bonchev–Trinajstić information content (AvgIpc) is 2.75. The Morgan fingerprint density at radius 3 is 2.62 bits per heavy atom. The van der Waals surface area contributed by atoms with Crippen molar-refractivity contribution in [2.45, 2.75) is 20.3 Å². The summed E-state index contributed by atoms with van der Waals surface area (Å²) in [5.74, 6) is -0.182. The number of benzene rings is 2. The van der Waals surface area contributed by atoms with E-state index < -0.39 is 0 Å². The molecule has 4 rings (SSSR count). The molecule has 0 atom stereocenters. The first-order chi connectivity index (χ1) is 14.1. The molecule has 144 valence electrons. The second kappa shape index (κ2) is 8.02. The fraction of sp³-hybridized carbons (Fsp3) is 0.125. The number of rotatable bonds is 4. The molecule has 0 aliphatic heterocycles. The SMILES string of the molecule is CCc1cccc(C)c1NC(=O)c1cc(-c2ccncc2)nc2ccc(Cl)cc12. The Bertz CT molecular complexity index is 1210. The fourth-order valence-electron chi connectivity index (χ4n) is 3.44. The van der Waals surface area contributed by atoms with Crippen LogP contribution in [0.25, 0.3) is 22.2 Å². The van der Waals surface area contributed by atoms with E-state index in [-0.39, 0.29) is 5.91 Å². The standard InChI is InChI=1S/C24H20ClN3O/c1-3-16-6-4-5-15(2)23(16)28-24(29)20-14-22(17-9-11-26-12-10-17)27-21-8-7-18(25)13-19(20)21/h4-14H,3H2,1-2H3,(H,28,29). The minimum atomic E-state index is -0.182. The van der Waals surface area contributed by atoms with Gasteiger partial charge in [0.2, 0.25) is 0 Å². The van der Waals surface area contributed by atoms with Crippen molar-refractivity contribution in [1.29, 1.82) is 0 Å². The number of halogens is 1. The number of hydrogen-bond donors (Lipinski definition) is 1. The molecule has 0 radical (unpaired) electrons. The number of carbonyl (C=O) groups is 1. The van der Waals surface area contributed by atoms with Crippen molar-refractivity contribution in [3.63, 3.8) is 0 Å². The van der Waals surface area contributed by atoms with Crippen LogP contribution >= 0.6 is 11.6 Å². The molecule has 4 aromatic rings. The molecule has 4 nitrogen and oxygen atoms in total. The number of aromatic nitrogens is 2. The number of amides is 1. The van der Waals surface area contributed by atoms with Crippen LogP contribution < -0.4 is 5.32 Å². The van der Waals surface area contributed by atoms with Gasteiger partial charge in [-0.3, -0.25) is 9.78 Å². The van der Waals surface area contributed by atoms with Gasteiger partial charge in [-0.25, -0.2) is 4.98 Å². The zero-order valence-electron chi connectivity index (χ0n) is 16.2. The molecule has 0 saturated heterocycles. The molecular formula is C24H20ClN3O. The Kier molecular flexibility index (Phi) is 5.28. The van der Waals surface area contributed by atoms with E-state index in [1.807, 2.05) is 49.4 Å². The predicted molar refractivity (Wildman–Crippen MR) is 118 cm³/mol. The van der Waals surface area contributed by atoms with Crippen molar-refractivity contribution >= 4 is 34.1 Å². The van der Waals surface area contributed by atoms with E-state index in [0.29, 0.717) is 16.3 Å². The minimum Gasteiger partial charge on any atom is -0.321 e. The van der Waals surface area contributed by atoms with Gasteiger partial charge in [0, 0.05) is 34.1 Å². The second-order valence-electron chi connectivity index (χ2n) is 6.87. The summed E-state index contributed by atoms with van der Waals surface area (Å²) in [6, 6.07) is 17.0. The van der Waals surface area contributed by atoms with Crippen LogP contribution in [-0.4, -0.2) is 15.9 Å². The zero-order chi connectivity index (χ0) is 20.4. The van der Waals surface area contributed by atoms with E-state index in [0.717, 1.165) is 39.7 Å². The van der Waals surface area contributed by atoms with Gasteiger partial charge in [-0.1, -0.05) is 36.7 Å². The highest BCUT2D eigenvalue weighted by atomic mass is 35.5. The maximum atomic E-state index is 13.3. The Morgan fingerprint density at radius 2 is 1.86 bits per heavy atom. The first kappa shape index (κ1) is 19.1. The van der Waals surface area contributed by atoms with E-state index in [4.69, 9.17) is 16.6 Å². The van der Waals surface area contributed by atoms with Crippen molar-refractivity contribution in [3.8, 4) is 11.3 Å². The lowest BCUT2D eigenvalue weighted by Crippen LogP contribution is -2.15.